The number of anilines is 1. The van der Waals surface area contributed by atoms with E-state index in [1.165, 1.54) is 0 Å². The largest absolute Gasteiger partial charge is 0.375 e. The summed E-state index contributed by atoms with van der Waals surface area (Å²) in [4.78, 5) is 22.8. The highest BCUT2D eigenvalue weighted by Gasteiger charge is 2.30. The van der Waals surface area contributed by atoms with Gasteiger partial charge < -0.3 is 19.5 Å². The van der Waals surface area contributed by atoms with Gasteiger partial charge in [-0.05, 0) is 25.0 Å². The van der Waals surface area contributed by atoms with Gasteiger partial charge in [0.1, 0.15) is 11.8 Å². The second-order valence-corrected chi connectivity index (χ2v) is 6.22. The highest BCUT2D eigenvalue weighted by molar-refractivity contribution is 6.29. The molecule has 0 aliphatic carbocycles. The number of nitrogens with zero attached hydrogens (tertiary/aromatic N) is 4. The molecule has 1 aliphatic heterocycles. The zero-order valence-electron chi connectivity index (χ0n) is 13.9. The van der Waals surface area contributed by atoms with Crippen LogP contribution in [0.4, 0.5) is 10.5 Å². The van der Waals surface area contributed by atoms with Gasteiger partial charge in [0.25, 0.3) is 5.89 Å². The number of urea groups is 1. The second-order valence-electron chi connectivity index (χ2n) is 5.84. The van der Waals surface area contributed by atoms with Gasteiger partial charge in [-0.15, -0.1) is 0 Å². The number of pyridine rings is 1. The lowest BCUT2D eigenvalue weighted by molar-refractivity contribution is 0.151. The normalized spacial score (nSPS) is 18.0. The Kier molecular flexibility index (Phi) is 5.83. The maximum atomic E-state index is 12.8. The number of nitrogens with one attached hydrogen (secondary N) is 1. The molecule has 134 valence electrons. The van der Waals surface area contributed by atoms with Gasteiger partial charge in [0, 0.05) is 25.5 Å². The summed E-state index contributed by atoms with van der Waals surface area (Å²) in [5, 5.41) is 7.23. The number of hydrogen-bond acceptors (Lipinski definition) is 6. The fourth-order valence-corrected chi connectivity index (χ4v) is 3.05. The number of carbonyl (C=O) groups excluding carboxylic acids is 1. The smallest absolute Gasteiger partial charge is 0.322 e. The summed E-state index contributed by atoms with van der Waals surface area (Å²) in [7, 11) is 1.56. The van der Waals surface area contributed by atoms with Gasteiger partial charge in [0.15, 0.2) is 5.82 Å². The monoisotopic (exact) mass is 365 g/mol. The Balaban J connectivity index is 1.78. The van der Waals surface area contributed by atoms with Crippen molar-refractivity contribution in [2.24, 2.45) is 0 Å². The molecule has 1 aliphatic rings. The molecule has 8 nitrogen and oxygen atoms in total. The van der Waals surface area contributed by atoms with E-state index in [-0.39, 0.29) is 18.7 Å². The van der Waals surface area contributed by atoms with Crippen LogP contribution in [-0.2, 0) is 11.3 Å². The molecule has 0 spiro atoms. The summed E-state index contributed by atoms with van der Waals surface area (Å²) in [5.41, 5.74) is 0.598. The number of ether oxygens (including phenoxy) is 1. The quantitative estimate of drug-likeness (QED) is 0.834. The minimum Gasteiger partial charge on any atom is -0.375 e. The van der Waals surface area contributed by atoms with Crippen LogP contribution in [0.3, 0.4) is 0 Å². The lowest BCUT2D eigenvalue weighted by Gasteiger charge is -2.28. The maximum Gasteiger partial charge on any atom is 0.322 e. The van der Waals surface area contributed by atoms with E-state index >= 15 is 0 Å². The molecule has 1 N–H and O–H groups in total. The first kappa shape index (κ1) is 17.6. The Morgan fingerprint density at radius 1 is 1.48 bits per heavy atom. The standard InChI is InChI=1S/C16H20ClN5O3/c1-24-10-14-20-15(21-25-14)12-5-3-2-4-8-22(12)16(23)19-11-6-7-18-13(17)9-11/h6-7,9,12H,2-5,8,10H2,1H3,(H,18,19,23)/t12-/m1/s1. The molecule has 1 atom stereocenters. The summed E-state index contributed by atoms with van der Waals surface area (Å²) in [6.07, 6.45) is 5.34. The Bertz CT molecular complexity index is 723. The number of methoxy groups -OCH3 is 1. The molecule has 9 heteroatoms. The number of halogens is 1. The Morgan fingerprint density at radius 3 is 3.16 bits per heavy atom. The van der Waals surface area contributed by atoms with Crippen molar-refractivity contribution in [1.29, 1.82) is 0 Å². The van der Waals surface area contributed by atoms with E-state index in [1.54, 1.807) is 30.3 Å². The summed E-state index contributed by atoms with van der Waals surface area (Å²) >= 11 is 5.88. The van der Waals surface area contributed by atoms with E-state index in [9.17, 15) is 4.79 Å². The molecule has 1 fully saturated rings. The van der Waals surface area contributed by atoms with Gasteiger partial charge in [-0.1, -0.05) is 29.6 Å². The molecular weight excluding hydrogens is 346 g/mol. The minimum absolute atomic E-state index is 0.216. The fourth-order valence-electron chi connectivity index (χ4n) is 2.88. The SMILES string of the molecule is COCc1nc([C@H]2CCCCCN2C(=O)Nc2ccnc(Cl)c2)no1. The first-order valence-corrected chi connectivity index (χ1v) is 8.56. The molecule has 0 saturated carbocycles. The van der Waals surface area contributed by atoms with Crippen LogP contribution < -0.4 is 5.32 Å². The molecule has 3 heterocycles. The first-order chi connectivity index (χ1) is 12.2. The first-order valence-electron chi connectivity index (χ1n) is 8.18. The average molecular weight is 366 g/mol. The van der Waals surface area contributed by atoms with Crippen molar-refractivity contribution in [3.8, 4) is 0 Å². The van der Waals surface area contributed by atoms with Gasteiger partial charge >= 0.3 is 6.03 Å². The molecule has 2 aromatic heterocycles. The molecule has 3 rings (SSSR count). The molecule has 0 unspecified atom stereocenters. The van der Waals surface area contributed by atoms with Crippen molar-refractivity contribution in [3.63, 3.8) is 0 Å². The molecule has 0 aromatic carbocycles. The van der Waals surface area contributed by atoms with Gasteiger partial charge in [0.05, 0.1) is 6.04 Å². The van der Waals surface area contributed by atoms with E-state index in [2.05, 4.69) is 20.4 Å². The number of amides is 2. The van der Waals surface area contributed by atoms with Crippen LogP contribution in [-0.4, -0.2) is 39.7 Å². The van der Waals surface area contributed by atoms with Gasteiger partial charge in [-0.2, -0.15) is 4.98 Å². The van der Waals surface area contributed by atoms with Crippen molar-refractivity contribution in [1.82, 2.24) is 20.0 Å². The van der Waals surface area contributed by atoms with E-state index in [4.69, 9.17) is 20.9 Å². The zero-order valence-corrected chi connectivity index (χ0v) is 14.7. The Morgan fingerprint density at radius 2 is 2.36 bits per heavy atom. The summed E-state index contributed by atoms with van der Waals surface area (Å²) in [6.45, 7) is 0.880. The van der Waals surface area contributed by atoms with Crippen LogP contribution in [0.5, 0.6) is 0 Å². The van der Waals surface area contributed by atoms with Crippen LogP contribution in [0.15, 0.2) is 22.9 Å². The lowest BCUT2D eigenvalue weighted by Crippen LogP contribution is -2.38. The summed E-state index contributed by atoms with van der Waals surface area (Å²) < 4.78 is 10.2. The molecule has 1 saturated heterocycles. The van der Waals surface area contributed by atoms with Crippen LogP contribution in [0.25, 0.3) is 0 Å². The third-order valence-electron chi connectivity index (χ3n) is 4.04. The minimum atomic E-state index is -0.228. The second kappa shape index (κ2) is 8.26. The molecule has 2 amide bonds. The van der Waals surface area contributed by atoms with E-state index in [0.29, 0.717) is 29.1 Å². The maximum absolute atomic E-state index is 12.8. The molecule has 25 heavy (non-hydrogen) atoms. The molecule has 0 bridgehead atoms. The third kappa shape index (κ3) is 4.46. The van der Waals surface area contributed by atoms with E-state index in [0.717, 1.165) is 25.7 Å². The fraction of sp³-hybridized carbons (Fsp3) is 0.500. The van der Waals surface area contributed by atoms with Crippen LogP contribution in [0.2, 0.25) is 5.15 Å². The predicted molar refractivity (Wildman–Crippen MR) is 91.2 cm³/mol. The van der Waals surface area contributed by atoms with Crippen molar-refractivity contribution in [2.45, 2.75) is 38.3 Å². The third-order valence-corrected chi connectivity index (χ3v) is 4.25. The molecule has 2 aromatic rings. The summed E-state index contributed by atoms with van der Waals surface area (Å²) in [5.74, 6) is 0.917. The van der Waals surface area contributed by atoms with Gasteiger partial charge in [0.2, 0.25) is 0 Å². The van der Waals surface area contributed by atoms with Crippen molar-refractivity contribution in [2.75, 3.05) is 19.0 Å². The number of rotatable bonds is 4. The van der Waals surface area contributed by atoms with Crippen LogP contribution >= 0.6 is 11.6 Å². The lowest BCUT2D eigenvalue weighted by atomic mass is 10.1. The number of hydrogen-bond donors (Lipinski definition) is 1. The summed E-state index contributed by atoms with van der Waals surface area (Å²) in [6, 6.07) is 2.86. The van der Waals surface area contributed by atoms with E-state index < -0.39 is 0 Å². The van der Waals surface area contributed by atoms with Gasteiger partial charge in [-0.3, -0.25) is 0 Å². The van der Waals surface area contributed by atoms with Crippen molar-refractivity contribution >= 4 is 23.3 Å². The van der Waals surface area contributed by atoms with Crippen LogP contribution in [0.1, 0.15) is 43.4 Å². The van der Waals surface area contributed by atoms with Crippen molar-refractivity contribution in [3.05, 3.63) is 35.2 Å². The number of likely N-dealkylation sites (tertiary alicyclic amines) is 1. The average Bonchev–Trinajstić information content (AvgIpc) is 2.90. The highest BCUT2D eigenvalue weighted by atomic mass is 35.5. The van der Waals surface area contributed by atoms with Crippen molar-refractivity contribution < 1.29 is 14.1 Å². The Hall–Kier alpha value is -2.19. The zero-order chi connectivity index (χ0) is 17.6. The highest BCUT2D eigenvalue weighted by Crippen LogP contribution is 2.29. The molecular formula is C16H20ClN5O3. The Labute approximate surface area is 150 Å². The number of aromatic nitrogens is 3. The topological polar surface area (TPSA) is 93.4 Å². The van der Waals surface area contributed by atoms with E-state index in [1.807, 2.05) is 0 Å². The van der Waals surface area contributed by atoms with Gasteiger partial charge in [-0.25, -0.2) is 9.78 Å². The number of carbonyl (C=O) groups is 1. The molecule has 0 radical (unpaired) electrons. The van der Waals surface area contributed by atoms with Crippen LogP contribution in [0, 0.1) is 0 Å². The predicted octanol–water partition coefficient (Wildman–Crippen LogP) is 3.41.